The molecule has 0 aromatic carbocycles. The first kappa shape index (κ1) is 9.31. The molecule has 0 saturated heterocycles. The summed E-state index contributed by atoms with van der Waals surface area (Å²) in [5.41, 5.74) is 5.52. The van der Waals surface area contributed by atoms with E-state index in [2.05, 4.69) is 24.8 Å². The van der Waals surface area contributed by atoms with Crippen LogP contribution in [0, 0.1) is 23.2 Å². The lowest BCUT2D eigenvalue weighted by molar-refractivity contribution is 0.627. The first-order valence-corrected chi connectivity index (χ1v) is 5.37. The van der Waals surface area contributed by atoms with Crippen molar-refractivity contribution in [2.75, 3.05) is 0 Å². The molecule has 72 valence electrons. The molecule has 0 aromatic rings. The van der Waals surface area contributed by atoms with Gasteiger partial charge in [0, 0.05) is 0 Å². The second-order valence-electron chi connectivity index (χ2n) is 4.34. The Kier molecular flexibility index (Phi) is 2.57. The van der Waals surface area contributed by atoms with Crippen LogP contribution in [0.3, 0.4) is 0 Å². The summed E-state index contributed by atoms with van der Waals surface area (Å²) in [6, 6.07) is 2.21. The molecule has 0 bridgehead atoms. The van der Waals surface area contributed by atoms with Gasteiger partial charge in [-0.15, -0.1) is 5.73 Å². The van der Waals surface area contributed by atoms with Crippen LogP contribution >= 0.6 is 0 Å². The number of rotatable bonds is 1. The van der Waals surface area contributed by atoms with E-state index in [-0.39, 0.29) is 0 Å². The van der Waals surface area contributed by atoms with E-state index >= 15 is 0 Å². The van der Waals surface area contributed by atoms with Gasteiger partial charge >= 0.3 is 0 Å². The lowest BCUT2D eigenvalue weighted by Crippen LogP contribution is -1.96. The fourth-order valence-corrected chi connectivity index (χ4v) is 1.89. The molecule has 1 unspecified atom stereocenters. The highest BCUT2D eigenvalue weighted by Gasteiger charge is 2.25. The van der Waals surface area contributed by atoms with Crippen molar-refractivity contribution in [3.63, 3.8) is 0 Å². The summed E-state index contributed by atoms with van der Waals surface area (Å²) in [5.74, 6) is 1.31. The van der Waals surface area contributed by atoms with Crippen molar-refractivity contribution in [3.05, 3.63) is 29.0 Å². The highest BCUT2D eigenvalue weighted by Crippen LogP contribution is 2.39. The van der Waals surface area contributed by atoms with E-state index < -0.39 is 0 Å². The summed E-state index contributed by atoms with van der Waals surface area (Å²) in [6.45, 7) is 2.18. The van der Waals surface area contributed by atoms with Gasteiger partial charge in [-0.3, -0.25) is 0 Å². The van der Waals surface area contributed by atoms with Gasteiger partial charge in [-0.2, -0.15) is 5.26 Å². The fourth-order valence-electron chi connectivity index (χ4n) is 1.89. The molecule has 2 aliphatic rings. The Morgan fingerprint density at radius 2 is 2.21 bits per heavy atom. The minimum atomic E-state index is 0.525. The van der Waals surface area contributed by atoms with Crippen LogP contribution in [0.2, 0.25) is 0 Å². The normalized spacial score (nSPS) is 27.0. The van der Waals surface area contributed by atoms with Crippen molar-refractivity contribution in [2.24, 2.45) is 11.8 Å². The van der Waals surface area contributed by atoms with E-state index in [1.807, 2.05) is 6.08 Å². The average molecular weight is 185 g/mol. The van der Waals surface area contributed by atoms with Crippen LogP contribution < -0.4 is 0 Å². The predicted molar refractivity (Wildman–Crippen MR) is 56.4 cm³/mol. The topological polar surface area (TPSA) is 23.8 Å². The summed E-state index contributed by atoms with van der Waals surface area (Å²) < 4.78 is 0. The molecule has 0 radical (unpaired) electrons. The molecule has 0 aliphatic heterocycles. The van der Waals surface area contributed by atoms with Crippen LogP contribution in [0.25, 0.3) is 0 Å². The molecular formula is C13H15N. The Morgan fingerprint density at radius 1 is 1.43 bits per heavy atom. The van der Waals surface area contributed by atoms with Gasteiger partial charge in [0.15, 0.2) is 0 Å². The molecule has 2 rings (SSSR count). The zero-order valence-corrected chi connectivity index (χ0v) is 8.59. The van der Waals surface area contributed by atoms with Gasteiger partial charge in [0.25, 0.3) is 0 Å². The van der Waals surface area contributed by atoms with Gasteiger partial charge in [0.2, 0.25) is 0 Å². The SMILES string of the molecule is CC1C=C(C#N)C=C=C(C2CC2)CC1. The number of hydrogen-bond acceptors (Lipinski definition) is 1. The third kappa shape index (κ3) is 2.16. The monoisotopic (exact) mass is 185 g/mol. The quantitative estimate of drug-likeness (QED) is 0.575. The largest absolute Gasteiger partial charge is 0.192 e. The molecule has 0 N–H and O–H groups in total. The van der Waals surface area contributed by atoms with Crippen molar-refractivity contribution in [1.29, 1.82) is 5.26 Å². The van der Waals surface area contributed by atoms with Crippen molar-refractivity contribution >= 4 is 0 Å². The maximum Gasteiger partial charge on any atom is 0.0994 e. The molecule has 1 heteroatoms. The summed E-state index contributed by atoms with van der Waals surface area (Å²) in [4.78, 5) is 0. The second-order valence-corrected chi connectivity index (χ2v) is 4.34. The lowest BCUT2D eigenvalue weighted by Gasteiger charge is -2.09. The van der Waals surface area contributed by atoms with Crippen molar-refractivity contribution in [1.82, 2.24) is 0 Å². The van der Waals surface area contributed by atoms with Crippen LogP contribution in [0.1, 0.15) is 32.6 Å². The third-order valence-electron chi connectivity index (χ3n) is 2.95. The Balaban J connectivity index is 2.26. The van der Waals surface area contributed by atoms with Gasteiger partial charge < -0.3 is 0 Å². The van der Waals surface area contributed by atoms with Crippen LogP contribution in [0.15, 0.2) is 29.0 Å². The maximum atomic E-state index is 8.87. The third-order valence-corrected chi connectivity index (χ3v) is 2.95. The van der Waals surface area contributed by atoms with Crippen LogP contribution in [0.4, 0.5) is 0 Å². The molecule has 2 aliphatic carbocycles. The van der Waals surface area contributed by atoms with E-state index in [9.17, 15) is 0 Å². The zero-order chi connectivity index (χ0) is 9.97. The fraction of sp³-hybridized carbons (Fsp3) is 0.538. The average Bonchev–Trinajstić information content (AvgIpc) is 2.95. The van der Waals surface area contributed by atoms with Gasteiger partial charge in [-0.1, -0.05) is 13.0 Å². The number of allylic oxidation sites excluding steroid dienone is 3. The molecule has 1 nitrogen and oxygen atoms in total. The number of hydrogen-bond donors (Lipinski definition) is 0. The van der Waals surface area contributed by atoms with E-state index in [1.54, 1.807) is 0 Å². The molecule has 0 aromatic heterocycles. The summed E-state index contributed by atoms with van der Waals surface area (Å²) in [7, 11) is 0. The molecule has 0 spiro atoms. The highest BCUT2D eigenvalue weighted by atomic mass is 14.3. The van der Waals surface area contributed by atoms with Gasteiger partial charge in [0.1, 0.15) is 0 Å². The number of nitriles is 1. The molecule has 0 heterocycles. The van der Waals surface area contributed by atoms with E-state index in [0.29, 0.717) is 5.92 Å². The minimum absolute atomic E-state index is 0.525. The molecule has 1 fully saturated rings. The zero-order valence-electron chi connectivity index (χ0n) is 8.59. The molecule has 14 heavy (non-hydrogen) atoms. The van der Waals surface area contributed by atoms with E-state index in [4.69, 9.17) is 5.26 Å². The Hall–Kier alpha value is -1.25. The Morgan fingerprint density at radius 3 is 2.86 bits per heavy atom. The van der Waals surface area contributed by atoms with Crippen LogP contribution in [-0.2, 0) is 0 Å². The van der Waals surface area contributed by atoms with E-state index in [0.717, 1.165) is 24.3 Å². The lowest BCUT2D eigenvalue weighted by atomic mass is 9.95. The Labute approximate surface area is 85.4 Å². The predicted octanol–water partition coefficient (Wildman–Crippen LogP) is 3.36. The summed E-state index contributed by atoms with van der Waals surface area (Å²) in [5, 5.41) is 8.87. The van der Waals surface area contributed by atoms with Crippen molar-refractivity contribution < 1.29 is 0 Å². The first-order chi connectivity index (χ1) is 6.79. The Bertz CT molecular complexity index is 357. The molecule has 1 saturated carbocycles. The van der Waals surface area contributed by atoms with Crippen LogP contribution in [-0.4, -0.2) is 0 Å². The summed E-state index contributed by atoms with van der Waals surface area (Å²) in [6.07, 6.45) is 8.90. The first-order valence-electron chi connectivity index (χ1n) is 5.37. The number of nitrogens with zero attached hydrogens (tertiary/aromatic N) is 1. The molecular weight excluding hydrogens is 170 g/mol. The second kappa shape index (κ2) is 3.86. The van der Waals surface area contributed by atoms with Crippen molar-refractivity contribution in [2.45, 2.75) is 32.6 Å². The standard InChI is InChI=1S/C13H15N/c1-10-2-4-12(13-6-7-13)5-3-11(8-10)9-14/h3,8,10,13H,2,4,6-7H2,1H3. The molecule has 1 atom stereocenters. The van der Waals surface area contributed by atoms with Gasteiger partial charge in [0.05, 0.1) is 11.6 Å². The minimum Gasteiger partial charge on any atom is -0.192 e. The van der Waals surface area contributed by atoms with Gasteiger partial charge in [-0.25, -0.2) is 0 Å². The van der Waals surface area contributed by atoms with Crippen LogP contribution in [0.5, 0.6) is 0 Å². The van der Waals surface area contributed by atoms with Gasteiger partial charge in [-0.05, 0) is 49.2 Å². The summed E-state index contributed by atoms with van der Waals surface area (Å²) >= 11 is 0. The highest BCUT2D eigenvalue weighted by molar-refractivity contribution is 5.35. The smallest absolute Gasteiger partial charge is 0.0994 e. The molecule has 0 amide bonds. The van der Waals surface area contributed by atoms with Crippen molar-refractivity contribution in [3.8, 4) is 6.07 Å². The van der Waals surface area contributed by atoms with E-state index in [1.165, 1.54) is 18.4 Å². The maximum absolute atomic E-state index is 8.87.